The van der Waals surface area contributed by atoms with Gasteiger partial charge in [0.05, 0.1) is 12.2 Å². The average Bonchev–Trinajstić information content (AvgIpc) is 3.50. The van der Waals surface area contributed by atoms with E-state index in [1.54, 1.807) is 24.3 Å². The number of nitrogens with one attached hydrogen (secondary N) is 1. The molecule has 0 aliphatic heterocycles. The van der Waals surface area contributed by atoms with Gasteiger partial charge in [-0.05, 0) is 30.5 Å². The fourth-order valence-corrected chi connectivity index (χ4v) is 2.78. The van der Waals surface area contributed by atoms with Crippen LogP contribution in [0.15, 0.2) is 70.3 Å². The smallest absolute Gasteiger partial charge is 0.348 e. The molecule has 1 N–H and O–H groups in total. The predicted octanol–water partition coefficient (Wildman–Crippen LogP) is 1.33. The first-order valence-electron chi connectivity index (χ1n) is 8.78. The summed E-state index contributed by atoms with van der Waals surface area (Å²) in [5.41, 5.74) is -0.269. The van der Waals surface area contributed by atoms with Gasteiger partial charge < -0.3 is 5.32 Å². The minimum Gasteiger partial charge on any atom is -0.348 e. The van der Waals surface area contributed by atoms with E-state index in [1.165, 1.54) is 0 Å². The lowest BCUT2D eigenvalue weighted by atomic mass is 10.2. The molecule has 7 nitrogen and oxygen atoms in total. The normalized spacial score (nSPS) is 13.3. The van der Waals surface area contributed by atoms with Crippen molar-refractivity contribution in [2.24, 2.45) is 0 Å². The van der Waals surface area contributed by atoms with Gasteiger partial charge in [-0.1, -0.05) is 48.5 Å². The number of nitrogens with zero attached hydrogens (tertiary/aromatic N) is 3. The van der Waals surface area contributed by atoms with Gasteiger partial charge in [0, 0.05) is 6.04 Å². The number of hydrogen-bond donors (Lipinski definition) is 1. The molecule has 0 saturated heterocycles. The molecule has 2 aromatic carbocycles. The molecule has 27 heavy (non-hydrogen) atoms. The van der Waals surface area contributed by atoms with Crippen molar-refractivity contribution >= 4 is 5.91 Å². The molecule has 0 unspecified atom stereocenters. The average molecular weight is 362 g/mol. The van der Waals surface area contributed by atoms with Gasteiger partial charge in [-0.2, -0.15) is 9.78 Å². The summed E-state index contributed by atoms with van der Waals surface area (Å²) in [6.07, 6.45) is 1.78. The van der Waals surface area contributed by atoms with Crippen LogP contribution in [0.5, 0.6) is 0 Å². The van der Waals surface area contributed by atoms with Crippen LogP contribution in [0.1, 0.15) is 28.9 Å². The summed E-state index contributed by atoms with van der Waals surface area (Å²) >= 11 is 0. The van der Waals surface area contributed by atoms with Crippen LogP contribution in [-0.4, -0.2) is 26.3 Å². The molecule has 7 heteroatoms. The summed E-state index contributed by atoms with van der Waals surface area (Å²) in [7, 11) is 0. The second-order valence-electron chi connectivity index (χ2n) is 6.50. The first-order chi connectivity index (χ1) is 13.1. The second kappa shape index (κ2) is 7.03. The third kappa shape index (κ3) is 3.57. The van der Waals surface area contributed by atoms with Crippen molar-refractivity contribution in [1.82, 2.24) is 19.7 Å². The minimum absolute atomic E-state index is 0.0670. The van der Waals surface area contributed by atoms with Crippen molar-refractivity contribution in [2.75, 3.05) is 0 Å². The first kappa shape index (κ1) is 17.0. The molecule has 1 amide bonds. The largest absolute Gasteiger partial charge is 0.352 e. The van der Waals surface area contributed by atoms with Gasteiger partial charge in [0.25, 0.3) is 11.5 Å². The van der Waals surface area contributed by atoms with E-state index in [4.69, 9.17) is 0 Å². The lowest BCUT2D eigenvalue weighted by Crippen LogP contribution is -2.46. The van der Waals surface area contributed by atoms with Gasteiger partial charge in [0.1, 0.15) is 0 Å². The third-order valence-electron chi connectivity index (χ3n) is 4.37. The number of para-hydroxylation sites is 1. The maximum atomic E-state index is 12.9. The Morgan fingerprint density at radius 2 is 1.63 bits per heavy atom. The Bertz CT molecular complexity index is 1080. The van der Waals surface area contributed by atoms with E-state index >= 15 is 0 Å². The zero-order valence-electron chi connectivity index (χ0n) is 14.5. The summed E-state index contributed by atoms with van der Waals surface area (Å²) in [5.74, 6) is -0.547. The summed E-state index contributed by atoms with van der Waals surface area (Å²) in [4.78, 5) is 38.3. The Labute approximate surface area is 154 Å². The van der Waals surface area contributed by atoms with E-state index in [2.05, 4.69) is 10.4 Å². The molecule has 0 atom stereocenters. The van der Waals surface area contributed by atoms with Crippen LogP contribution in [0.25, 0.3) is 5.69 Å². The van der Waals surface area contributed by atoms with Crippen molar-refractivity contribution < 1.29 is 4.79 Å². The zero-order valence-corrected chi connectivity index (χ0v) is 14.5. The van der Waals surface area contributed by atoms with Crippen LogP contribution < -0.4 is 16.6 Å². The van der Waals surface area contributed by atoms with Crippen molar-refractivity contribution in [3.05, 3.63) is 92.8 Å². The number of hydrogen-bond acceptors (Lipinski definition) is 4. The Kier molecular flexibility index (Phi) is 4.42. The lowest BCUT2D eigenvalue weighted by molar-refractivity contribution is 0.0941. The van der Waals surface area contributed by atoms with E-state index in [-0.39, 0.29) is 18.3 Å². The number of carbonyl (C=O) groups is 1. The molecule has 1 aromatic heterocycles. The summed E-state index contributed by atoms with van der Waals surface area (Å²) in [5, 5.41) is 6.85. The van der Waals surface area contributed by atoms with Crippen molar-refractivity contribution in [1.29, 1.82) is 0 Å². The molecule has 136 valence electrons. The van der Waals surface area contributed by atoms with E-state index < -0.39 is 17.2 Å². The molecular formula is C20H18N4O3. The van der Waals surface area contributed by atoms with Crippen LogP contribution in [0, 0.1) is 0 Å². The topological polar surface area (TPSA) is 86.0 Å². The Balaban J connectivity index is 1.86. The van der Waals surface area contributed by atoms with Gasteiger partial charge in [-0.25, -0.2) is 4.79 Å². The molecule has 3 aromatic rings. The Morgan fingerprint density at radius 1 is 1.00 bits per heavy atom. The number of benzene rings is 2. The van der Waals surface area contributed by atoms with Gasteiger partial charge >= 0.3 is 5.69 Å². The van der Waals surface area contributed by atoms with Gasteiger partial charge in [-0.15, -0.1) is 0 Å². The molecule has 1 heterocycles. The predicted molar refractivity (Wildman–Crippen MR) is 100 cm³/mol. The summed E-state index contributed by atoms with van der Waals surface area (Å²) < 4.78 is 2.16. The maximum absolute atomic E-state index is 12.9. The van der Waals surface area contributed by atoms with Crippen molar-refractivity contribution in [2.45, 2.75) is 25.4 Å². The fourth-order valence-electron chi connectivity index (χ4n) is 2.78. The molecule has 1 saturated carbocycles. The van der Waals surface area contributed by atoms with Gasteiger partial charge in [0.2, 0.25) is 5.69 Å². The van der Waals surface area contributed by atoms with Crippen LogP contribution in [0.4, 0.5) is 0 Å². The van der Waals surface area contributed by atoms with Crippen molar-refractivity contribution in [3.8, 4) is 5.69 Å². The van der Waals surface area contributed by atoms with E-state index in [1.807, 2.05) is 36.4 Å². The number of aromatic nitrogens is 3. The highest BCUT2D eigenvalue weighted by atomic mass is 16.2. The third-order valence-corrected chi connectivity index (χ3v) is 4.37. The molecule has 4 rings (SSSR count). The highest BCUT2D eigenvalue weighted by Gasteiger charge is 2.27. The van der Waals surface area contributed by atoms with Crippen LogP contribution in [0.2, 0.25) is 0 Å². The zero-order chi connectivity index (χ0) is 18.8. The van der Waals surface area contributed by atoms with E-state index in [9.17, 15) is 14.4 Å². The molecule has 0 spiro atoms. The Hall–Kier alpha value is -3.48. The maximum Gasteiger partial charge on any atom is 0.352 e. The first-order valence-corrected chi connectivity index (χ1v) is 8.78. The SMILES string of the molecule is O=C(NC1CC1)c1nn(-c2ccccc2)c(=O)n(Cc2ccccc2)c1=O. The van der Waals surface area contributed by atoms with Crippen LogP contribution in [-0.2, 0) is 6.54 Å². The summed E-state index contributed by atoms with van der Waals surface area (Å²) in [6, 6.07) is 18.0. The second-order valence-corrected chi connectivity index (χ2v) is 6.50. The Morgan fingerprint density at radius 3 is 2.26 bits per heavy atom. The monoisotopic (exact) mass is 362 g/mol. The molecule has 1 aliphatic rings. The van der Waals surface area contributed by atoms with Crippen LogP contribution >= 0.6 is 0 Å². The van der Waals surface area contributed by atoms with Crippen molar-refractivity contribution in [3.63, 3.8) is 0 Å². The van der Waals surface area contributed by atoms with E-state index in [0.717, 1.165) is 27.7 Å². The molecule has 1 aliphatic carbocycles. The molecule has 1 fully saturated rings. The van der Waals surface area contributed by atoms with Crippen LogP contribution in [0.3, 0.4) is 0 Å². The summed E-state index contributed by atoms with van der Waals surface area (Å²) in [6.45, 7) is 0.0670. The van der Waals surface area contributed by atoms with E-state index in [0.29, 0.717) is 5.69 Å². The minimum atomic E-state index is -0.686. The van der Waals surface area contributed by atoms with Gasteiger partial charge in [-0.3, -0.25) is 14.2 Å². The van der Waals surface area contributed by atoms with Gasteiger partial charge in [0.15, 0.2) is 0 Å². The standard InChI is InChI=1S/C20H18N4O3/c25-18(21-15-11-12-15)17-19(26)23(13-14-7-3-1-4-8-14)20(27)24(22-17)16-9-5-2-6-10-16/h1-10,15H,11-13H2,(H,21,25). The number of rotatable bonds is 5. The number of carbonyl (C=O) groups excluding carboxylic acids is 1. The lowest BCUT2D eigenvalue weighted by Gasteiger charge is -2.12. The quantitative estimate of drug-likeness (QED) is 0.742. The highest BCUT2D eigenvalue weighted by molar-refractivity contribution is 5.92. The molecular weight excluding hydrogens is 344 g/mol. The molecule has 0 radical (unpaired) electrons. The highest BCUT2D eigenvalue weighted by Crippen LogP contribution is 2.18. The molecule has 0 bridgehead atoms. The number of amides is 1. The fraction of sp³-hybridized carbons (Fsp3) is 0.200.